The highest BCUT2D eigenvalue weighted by Crippen LogP contribution is 2.34. The Morgan fingerprint density at radius 1 is 1.06 bits per heavy atom. The lowest BCUT2D eigenvalue weighted by molar-refractivity contribution is -0.127. The zero-order valence-corrected chi connectivity index (χ0v) is 19.6. The van der Waals surface area contributed by atoms with Crippen molar-refractivity contribution < 1.29 is 28.6 Å². The standard InChI is InChI=1S/C24H26N2O6S/c1-4-5-12-32-19-11-10-16(13-20(19)31-3)14-21-23(28)26(24(29)33-21)15-22(27)25-17-8-6-7-9-18(17)30-2/h6-11,13-14H,4-5,12,15H2,1-3H3,(H,25,27)/b21-14-. The smallest absolute Gasteiger partial charge is 0.294 e. The minimum absolute atomic E-state index is 0.229. The van der Waals surface area contributed by atoms with Crippen LogP contribution in [0.3, 0.4) is 0 Å². The number of carbonyl (C=O) groups is 3. The summed E-state index contributed by atoms with van der Waals surface area (Å²) in [5, 5.41) is 2.16. The van der Waals surface area contributed by atoms with E-state index in [-0.39, 0.29) is 4.91 Å². The van der Waals surface area contributed by atoms with Crippen molar-refractivity contribution in [2.24, 2.45) is 0 Å². The molecule has 0 atom stereocenters. The van der Waals surface area contributed by atoms with E-state index in [0.717, 1.165) is 29.5 Å². The number of para-hydroxylation sites is 2. The van der Waals surface area contributed by atoms with E-state index in [9.17, 15) is 14.4 Å². The molecular weight excluding hydrogens is 444 g/mol. The molecule has 0 aromatic heterocycles. The maximum absolute atomic E-state index is 12.8. The number of benzene rings is 2. The van der Waals surface area contributed by atoms with Gasteiger partial charge in [-0.05, 0) is 54.1 Å². The van der Waals surface area contributed by atoms with Crippen LogP contribution in [0.25, 0.3) is 6.08 Å². The molecule has 1 aliphatic heterocycles. The largest absolute Gasteiger partial charge is 0.495 e. The number of hydrogen-bond donors (Lipinski definition) is 1. The molecule has 9 heteroatoms. The van der Waals surface area contributed by atoms with E-state index in [1.54, 1.807) is 55.7 Å². The number of methoxy groups -OCH3 is 2. The number of imide groups is 1. The predicted molar refractivity (Wildman–Crippen MR) is 128 cm³/mol. The molecule has 8 nitrogen and oxygen atoms in total. The van der Waals surface area contributed by atoms with E-state index >= 15 is 0 Å². The normalized spacial score (nSPS) is 14.5. The summed E-state index contributed by atoms with van der Waals surface area (Å²) in [7, 11) is 3.03. The molecule has 2 aromatic rings. The van der Waals surface area contributed by atoms with E-state index in [1.165, 1.54) is 7.11 Å². The number of anilines is 1. The van der Waals surface area contributed by atoms with Crippen LogP contribution >= 0.6 is 11.8 Å². The molecule has 0 saturated carbocycles. The lowest BCUT2D eigenvalue weighted by Crippen LogP contribution is -2.36. The molecule has 0 bridgehead atoms. The summed E-state index contributed by atoms with van der Waals surface area (Å²) in [6.45, 7) is 2.27. The Labute approximate surface area is 196 Å². The summed E-state index contributed by atoms with van der Waals surface area (Å²) in [5.41, 5.74) is 1.14. The van der Waals surface area contributed by atoms with Gasteiger partial charge < -0.3 is 19.5 Å². The molecule has 1 saturated heterocycles. The van der Waals surface area contributed by atoms with Gasteiger partial charge in [0.1, 0.15) is 12.3 Å². The summed E-state index contributed by atoms with van der Waals surface area (Å²) in [6.07, 6.45) is 3.55. The van der Waals surface area contributed by atoms with Gasteiger partial charge in [-0.25, -0.2) is 0 Å². The molecule has 1 fully saturated rings. The molecule has 3 amide bonds. The molecule has 1 N–H and O–H groups in total. The molecule has 1 heterocycles. The molecule has 0 spiro atoms. The van der Waals surface area contributed by atoms with Gasteiger partial charge in [-0.2, -0.15) is 0 Å². The molecule has 2 aromatic carbocycles. The van der Waals surface area contributed by atoms with Crippen LogP contribution in [0.15, 0.2) is 47.4 Å². The molecular formula is C24H26N2O6S. The molecule has 33 heavy (non-hydrogen) atoms. The summed E-state index contributed by atoms with van der Waals surface area (Å²) in [4.78, 5) is 38.8. The van der Waals surface area contributed by atoms with Crippen molar-refractivity contribution in [3.8, 4) is 17.2 Å². The Morgan fingerprint density at radius 3 is 2.55 bits per heavy atom. The number of rotatable bonds is 10. The van der Waals surface area contributed by atoms with Crippen LogP contribution in [-0.4, -0.2) is 49.3 Å². The van der Waals surface area contributed by atoms with E-state index in [1.807, 2.05) is 0 Å². The molecule has 0 aliphatic carbocycles. The van der Waals surface area contributed by atoms with Crippen molar-refractivity contribution in [2.75, 3.05) is 32.7 Å². The number of thioether (sulfide) groups is 1. The van der Waals surface area contributed by atoms with Crippen molar-refractivity contribution in [3.05, 3.63) is 52.9 Å². The predicted octanol–water partition coefficient (Wildman–Crippen LogP) is 4.56. The number of unbranched alkanes of at least 4 members (excludes halogenated alkanes) is 1. The maximum atomic E-state index is 12.8. The van der Waals surface area contributed by atoms with Crippen molar-refractivity contribution in [1.82, 2.24) is 4.90 Å². The average Bonchev–Trinajstić information content (AvgIpc) is 3.07. The molecule has 0 radical (unpaired) electrons. The van der Waals surface area contributed by atoms with Gasteiger partial charge in [0.15, 0.2) is 11.5 Å². The van der Waals surface area contributed by atoms with Crippen LogP contribution in [0, 0.1) is 0 Å². The Hall–Kier alpha value is -3.46. The first-order valence-corrected chi connectivity index (χ1v) is 11.3. The highest BCUT2D eigenvalue weighted by atomic mass is 32.2. The van der Waals surface area contributed by atoms with Crippen molar-refractivity contribution in [2.45, 2.75) is 19.8 Å². The third-order valence-electron chi connectivity index (χ3n) is 4.80. The third-order valence-corrected chi connectivity index (χ3v) is 5.70. The fraction of sp³-hybridized carbons (Fsp3) is 0.292. The summed E-state index contributed by atoms with van der Waals surface area (Å²) < 4.78 is 16.3. The number of hydrogen-bond acceptors (Lipinski definition) is 7. The lowest BCUT2D eigenvalue weighted by atomic mass is 10.2. The Balaban J connectivity index is 1.69. The second kappa shape index (κ2) is 11.4. The van der Waals surface area contributed by atoms with E-state index in [0.29, 0.717) is 35.1 Å². The number of carbonyl (C=O) groups excluding carboxylic acids is 3. The second-order valence-corrected chi connectivity index (χ2v) is 8.12. The number of amides is 3. The minimum Gasteiger partial charge on any atom is -0.495 e. The van der Waals surface area contributed by atoms with Crippen LogP contribution in [0.2, 0.25) is 0 Å². The van der Waals surface area contributed by atoms with Gasteiger partial charge in [0, 0.05) is 0 Å². The highest BCUT2D eigenvalue weighted by Gasteiger charge is 2.36. The fourth-order valence-corrected chi connectivity index (χ4v) is 3.93. The van der Waals surface area contributed by atoms with Gasteiger partial charge in [0.05, 0.1) is 31.4 Å². The zero-order valence-electron chi connectivity index (χ0n) is 18.8. The maximum Gasteiger partial charge on any atom is 0.294 e. The van der Waals surface area contributed by atoms with E-state index < -0.39 is 23.6 Å². The molecule has 174 valence electrons. The third kappa shape index (κ3) is 6.07. The first-order chi connectivity index (χ1) is 16.0. The van der Waals surface area contributed by atoms with Crippen LogP contribution in [0.4, 0.5) is 10.5 Å². The van der Waals surface area contributed by atoms with Crippen LogP contribution < -0.4 is 19.5 Å². The van der Waals surface area contributed by atoms with Gasteiger partial charge in [0.2, 0.25) is 5.91 Å². The average molecular weight is 471 g/mol. The summed E-state index contributed by atoms with van der Waals surface area (Å²) in [6, 6.07) is 12.2. The SMILES string of the molecule is CCCCOc1ccc(/C=C2\SC(=O)N(CC(=O)Nc3ccccc3OC)C2=O)cc1OC. The first-order valence-electron chi connectivity index (χ1n) is 10.5. The van der Waals surface area contributed by atoms with Gasteiger partial charge in [-0.3, -0.25) is 19.3 Å². The van der Waals surface area contributed by atoms with E-state index in [2.05, 4.69) is 12.2 Å². The number of ether oxygens (including phenoxy) is 3. The molecule has 0 unspecified atom stereocenters. The van der Waals surface area contributed by atoms with E-state index in [4.69, 9.17) is 14.2 Å². The first kappa shape index (κ1) is 24.2. The van der Waals surface area contributed by atoms with Crippen LogP contribution in [-0.2, 0) is 9.59 Å². The van der Waals surface area contributed by atoms with Crippen molar-refractivity contribution >= 4 is 40.6 Å². The zero-order chi connectivity index (χ0) is 23.8. The quantitative estimate of drug-likeness (QED) is 0.402. The van der Waals surface area contributed by atoms with Crippen molar-refractivity contribution in [3.63, 3.8) is 0 Å². The Kier molecular flexibility index (Phi) is 8.37. The van der Waals surface area contributed by atoms with Gasteiger partial charge >= 0.3 is 0 Å². The molecule has 3 rings (SSSR count). The number of nitrogens with one attached hydrogen (secondary N) is 1. The van der Waals surface area contributed by atoms with Gasteiger partial charge in [-0.15, -0.1) is 0 Å². The summed E-state index contributed by atoms with van der Waals surface area (Å²) >= 11 is 0.789. The van der Waals surface area contributed by atoms with Gasteiger partial charge in [0.25, 0.3) is 11.1 Å². The van der Waals surface area contributed by atoms with Gasteiger partial charge in [-0.1, -0.05) is 31.5 Å². The van der Waals surface area contributed by atoms with Crippen LogP contribution in [0.5, 0.6) is 17.2 Å². The Morgan fingerprint density at radius 2 is 1.82 bits per heavy atom. The second-order valence-electron chi connectivity index (χ2n) is 7.13. The van der Waals surface area contributed by atoms with Crippen molar-refractivity contribution in [1.29, 1.82) is 0 Å². The topological polar surface area (TPSA) is 94.2 Å². The summed E-state index contributed by atoms with van der Waals surface area (Å²) in [5.74, 6) is 0.608. The lowest BCUT2D eigenvalue weighted by Gasteiger charge is -2.14. The molecule has 1 aliphatic rings. The number of nitrogens with zero attached hydrogens (tertiary/aromatic N) is 1. The monoisotopic (exact) mass is 470 g/mol. The highest BCUT2D eigenvalue weighted by molar-refractivity contribution is 8.18. The minimum atomic E-state index is -0.526. The Bertz CT molecular complexity index is 1070. The van der Waals surface area contributed by atoms with Crippen LogP contribution in [0.1, 0.15) is 25.3 Å². The fourth-order valence-electron chi connectivity index (χ4n) is 3.09.